The summed E-state index contributed by atoms with van der Waals surface area (Å²) in [5.74, 6) is -1.61. The second kappa shape index (κ2) is 6.59. The number of halogens is 1. The third-order valence-corrected chi connectivity index (χ3v) is 4.13. The number of rotatable bonds is 4. The van der Waals surface area contributed by atoms with Crippen molar-refractivity contribution in [3.63, 3.8) is 0 Å². The van der Waals surface area contributed by atoms with E-state index in [4.69, 9.17) is 9.84 Å². The highest BCUT2D eigenvalue weighted by atomic mass is 19.1. The van der Waals surface area contributed by atoms with E-state index >= 15 is 0 Å². The summed E-state index contributed by atoms with van der Waals surface area (Å²) >= 11 is 0. The number of carbonyl (C=O) groups is 1. The topological polar surface area (TPSA) is 93.5 Å². The second-order valence-corrected chi connectivity index (χ2v) is 5.73. The van der Waals surface area contributed by atoms with Crippen LogP contribution in [0.3, 0.4) is 0 Å². The van der Waals surface area contributed by atoms with Crippen molar-refractivity contribution in [2.45, 2.75) is 38.0 Å². The first-order valence-electron chi connectivity index (χ1n) is 7.62. The molecule has 3 rings (SSSR count). The fraction of sp³-hybridized carbons (Fsp3) is 0.533. The molecule has 1 aliphatic heterocycles. The lowest BCUT2D eigenvalue weighted by atomic mass is 10.1. The fourth-order valence-electron chi connectivity index (χ4n) is 2.87. The number of amides is 1. The van der Waals surface area contributed by atoms with Gasteiger partial charge in [0, 0.05) is 5.92 Å². The minimum atomic E-state index is -0.818. The Balaban J connectivity index is 1.76. The highest BCUT2D eigenvalue weighted by Crippen LogP contribution is 2.26. The highest BCUT2D eigenvalue weighted by molar-refractivity contribution is 5.91. The first kappa shape index (κ1) is 15.8. The molecule has 2 atom stereocenters. The fourth-order valence-corrected chi connectivity index (χ4v) is 2.87. The second-order valence-electron chi connectivity index (χ2n) is 5.73. The zero-order valence-electron chi connectivity index (χ0n) is 12.4. The number of aromatic nitrogens is 2. The molecule has 1 fully saturated rings. The van der Waals surface area contributed by atoms with Gasteiger partial charge in [0.15, 0.2) is 17.9 Å². The van der Waals surface area contributed by atoms with Crippen molar-refractivity contribution < 1.29 is 19.0 Å². The molecule has 1 saturated carbocycles. The summed E-state index contributed by atoms with van der Waals surface area (Å²) < 4.78 is 20.5. The summed E-state index contributed by atoms with van der Waals surface area (Å²) in [6.45, 7) is -0.229. The van der Waals surface area contributed by atoms with Crippen LogP contribution < -0.4 is 11.0 Å². The van der Waals surface area contributed by atoms with Crippen molar-refractivity contribution >= 4 is 11.7 Å². The third-order valence-electron chi connectivity index (χ3n) is 4.13. The average Bonchev–Trinajstić information content (AvgIpc) is 3.21. The maximum absolute atomic E-state index is 14.1. The number of hydrogen-bond donors (Lipinski definition) is 2. The molecule has 0 bridgehead atoms. The number of hydrogen-bond acceptors (Lipinski definition) is 5. The summed E-state index contributed by atoms with van der Waals surface area (Å²) in [6.07, 6.45) is 6.24. The van der Waals surface area contributed by atoms with Crippen LogP contribution in [0.1, 0.15) is 31.9 Å². The standard InChI is InChI=1S/C15H18FN3O4/c16-11-7-19(12-6-5-10(8-20)23-12)15(22)18-13(11)17-14(21)9-3-1-2-4-9/h5-7,9-10,12,20H,1-4,8H2,(H,17,18,21,22)/t10-,12+/m0/s1. The molecule has 7 nitrogen and oxygen atoms in total. The number of ether oxygens (including phenoxy) is 1. The van der Waals surface area contributed by atoms with E-state index < -0.39 is 23.8 Å². The minimum absolute atomic E-state index is 0.148. The van der Waals surface area contributed by atoms with Crippen LogP contribution in [-0.4, -0.2) is 33.3 Å². The molecule has 2 aliphatic rings. The van der Waals surface area contributed by atoms with Gasteiger partial charge in [0.2, 0.25) is 5.91 Å². The zero-order valence-corrected chi connectivity index (χ0v) is 12.4. The molecule has 8 heteroatoms. The van der Waals surface area contributed by atoms with Crippen LogP contribution in [0.5, 0.6) is 0 Å². The van der Waals surface area contributed by atoms with Crippen LogP contribution in [0, 0.1) is 11.7 Å². The van der Waals surface area contributed by atoms with Gasteiger partial charge in [-0.05, 0) is 18.9 Å². The van der Waals surface area contributed by atoms with E-state index in [1.165, 1.54) is 0 Å². The van der Waals surface area contributed by atoms with Crippen molar-refractivity contribution in [3.05, 3.63) is 34.7 Å². The van der Waals surface area contributed by atoms with Gasteiger partial charge in [-0.25, -0.2) is 9.18 Å². The molecule has 1 aliphatic carbocycles. The van der Waals surface area contributed by atoms with Gasteiger partial charge in [0.05, 0.1) is 12.8 Å². The molecule has 0 saturated heterocycles. The number of aliphatic hydroxyl groups excluding tert-OH is 1. The van der Waals surface area contributed by atoms with Crippen molar-refractivity contribution in [2.75, 3.05) is 11.9 Å². The third kappa shape index (κ3) is 3.32. The molecule has 0 radical (unpaired) electrons. The van der Waals surface area contributed by atoms with E-state index in [2.05, 4.69) is 10.3 Å². The molecule has 1 amide bonds. The number of nitrogens with one attached hydrogen (secondary N) is 1. The van der Waals surface area contributed by atoms with Gasteiger partial charge in [0.25, 0.3) is 0 Å². The molecule has 0 spiro atoms. The number of aliphatic hydroxyl groups is 1. The summed E-state index contributed by atoms with van der Waals surface area (Å²) in [7, 11) is 0. The van der Waals surface area contributed by atoms with E-state index in [0.717, 1.165) is 36.4 Å². The summed E-state index contributed by atoms with van der Waals surface area (Å²) in [6, 6.07) is 0. The monoisotopic (exact) mass is 323 g/mol. The maximum atomic E-state index is 14.1. The first-order valence-corrected chi connectivity index (χ1v) is 7.62. The summed E-state index contributed by atoms with van der Waals surface area (Å²) in [5.41, 5.74) is -0.735. The number of anilines is 1. The van der Waals surface area contributed by atoms with Crippen LogP contribution >= 0.6 is 0 Å². The predicted octanol–water partition coefficient (Wildman–Crippen LogP) is 0.957. The van der Waals surface area contributed by atoms with Gasteiger partial charge in [-0.3, -0.25) is 9.36 Å². The van der Waals surface area contributed by atoms with Crippen molar-refractivity contribution in [1.29, 1.82) is 0 Å². The van der Waals surface area contributed by atoms with Gasteiger partial charge < -0.3 is 15.2 Å². The summed E-state index contributed by atoms with van der Waals surface area (Å²) in [4.78, 5) is 27.6. The molecule has 0 aromatic carbocycles. The lowest BCUT2D eigenvalue weighted by Crippen LogP contribution is -2.31. The van der Waals surface area contributed by atoms with Crippen LogP contribution in [0.2, 0.25) is 0 Å². The minimum Gasteiger partial charge on any atom is -0.393 e. The Hall–Kier alpha value is -2.06. The average molecular weight is 323 g/mol. The van der Waals surface area contributed by atoms with Crippen molar-refractivity contribution in [1.82, 2.24) is 9.55 Å². The van der Waals surface area contributed by atoms with Gasteiger partial charge in [-0.2, -0.15) is 4.98 Å². The van der Waals surface area contributed by atoms with Gasteiger partial charge >= 0.3 is 5.69 Å². The van der Waals surface area contributed by atoms with Crippen molar-refractivity contribution in [2.24, 2.45) is 5.92 Å². The predicted molar refractivity (Wildman–Crippen MR) is 79.2 cm³/mol. The molecule has 23 heavy (non-hydrogen) atoms. The molecule has 1 aromatic heterocycles. The Morgan fingerprint density at radius 3 is 2.83 bits per heavy atom. The summed E-state index contributed by atoms with van der Waals surface area (Å²) in [5, 5.41) is 11.4. The van der Waals surface area contributed by atoms with Crippen molar-refractivity contribution in [3.8, 4) is 0 Å². The van der Waals surface area contributed by atoms with E-state index in [1.807, 2.05) is 0 Å². The maximum Gasteiger partial charge on any atom is 0.352 e. The van der Waals surface area contributed by atoms with Gasteiger partial charge in [0.1, 0.15) is 6.10 Å². The zero-order chi connectivity index (χ0) is 16.4. The Labute approximate surface area is 131 Å². The molecule has 2 N–H and O–H groups in total. The first-order chi connectivity index (χ1) is 11.1. The normalized spacial score (nSPS) is 24.3. The van der Waals surface area contributed by atoms with Crippen LogP contribution in [0.25, 0.3) is 0 Å². The largest absolute Gasteiger partial charge is 0.393 e. The SMILES string of the molecule is O=C(Nc1nc(=O)n([C@H]2C=C[C@@H](CO)O2)cc1F)C1CCCC1. The lowest BCUT2D eigenvalue weighted by Gasteiger charge is -2.16. The highest BCUT2D eigenvalue weighted by Gasteiger charge is 2.26. The Morgan fingerprint density at radius 1 is 1.43 bits per heavy atom. The number of carbonyl (C=O) groups excluding carboxylic acids is 1. The van der Waals surface area contributed by atoms with Crippen LogP contribution in [0.4, 0.5) is 10.2 Å². The lowest BCUT2D eigenvalue weighted by molar-refractivity contribution is -0.119. The Morgan fingerprint density at radius 2 is 2.17 bits per heavy atom. The van der Waals surface area contributed by atoms with Gasteiger partial charge in [-0.1, -0.05) is 18.9 Å². The molecule has 2 heterocycles. The quantitative estimate of drug-likeness (QED) is 0.805. The Bertz CT molecular complexity index is 682. The van der Waals surface area contributed by atoms with Crippen LogP contribution in [0.15, 0.2) is 23.1 Å². The molecule has 124 valence electrons. The van der Waals surface area contributed by atoms with E-state index in [9.17, 15) is 14.0 Å². The molecule has 0 unspecified atom stereocenters. The molecular weight excluding hydrogens is 305 g/mol. The van der Waals surface area contributed by atoms with Gasteiger partial charge in [-0.15, -0.1) is 0 Å². The van der Waals surface area contributed by atoms with E-state index in [1.54, 1.807) is 12.2 Å². The van der Waals surface area contributed by atoms with Crippen LogP contribution in [-0.2, 0) is 9.53 Å². The molecule has 1 aromatic rings. The molecular formula is C15H18FN3O4. The Kier molecular flexibility index (Phi) is 4.53. The van der Waals surface area contributed by atoms with E-state index in [-0.39, 0.29) is 24.2 Å². The van der Waals surface area contributed by atoms with E-state index in [0.29, 0.717) is 0 Å². The number of nitrogens with zero attached hydrogens (tertiary/aromatic N) is 2. The smallest absolute Gasteiger partial charge is 0.352 e.